The van der Waals surface area contributed by atoms with Crippen LogP contribution in [0.15, 0.2) is 47.1 Å². The van der Waals surface area contributed by atoms with Crippen molar-refractivity contribution in [3.8, 4) is 5.75 Å². The van der Waals surface area contributed by atoms with Crippen LogP contribution in [-0.2, 0) is 17.6 Å². The lowest BCUT2D eigenvalue weighted by Gasteiger charge is -2.12. The molecule has 1 heterocycles. The Labute approximate surface area is 117 Å². The van der Waals surface area contributed by atoms with Gasteiger partial charge in [0.15, 0.2) is 0 Å². The number of hydrogen-bond donors (Lipinski definition) is 3. The van der Waals surface area contributed by atoms with Gasteiger partial charge in [-0.2, -0.15) is 0 Å². The first-order valence-corrected chi connectivity index (χ1v) is 6.49. The van der Waals surface area contributed by atoms with Gasteiger partial charge in [0.1, 0.15) is 11.5 Å². The van der Waals surface area contributed by atoms with Crippen LogP contribution in [0.3, 0.4) is 0 Å². The highest BCUT2D eigenvalue weighted by molar-refractivity contribution is 5.81. The molecule has 5 nitrogen and oxygen atoms in total. The van der Waals surface area contributed by atoms with E-state index >= 15 is 0 Å². The van der Waals surface area contributed by atoms with Crippen molar-refractivity contribution in [2.24, 2.45) is 5.73 Å². The molecule has 0 fully saturated rings. The van der Waals surface area contributed by atoms with Gasteiger partial charge in [-0.05, 0) is 36.2 Å². The van der Waals surface area contributed by atoms with E-state index < -0.39 is 6.04 Å². The number of nitrogens with two attached hydrogens (primary N) is 1. The number of aromatic hydroxyl groups is 1. The second-order valence-corrected chi connectivity index (χ2v) is 4.60. The lowest BCUT2D eigenvalue weighted by Crippen LogP contribution is -2.42. The molecule has 0 saturated heterocycles. The summed E-state index contributed by atoms with van der Waals surface area (Å²) in [5, 5.41) is 12.0. The van der Waals surface area contributed by atoms with Crippen LogP contribution in [0.2, 0.25) is 0 Å². The molecule has 0 radical (unpaired) electrons. The summed E-state index contributed by atoms with van der Waals surface area (Å²) in [5.74, 6) is 0.840. The molecular weight excluding hydrogens is 256 g/mol. The third kappa shape index (κ3) is 4.13. The van der Waals surface area contributed by atoms with Crippen LogP contribution >= 0.6 is 0 Å². The van der Waals surface area contributed by atoms with Gasteiger partial charge in [0.25, 0.3) is 0 Å². The second-order valence-electron chi connectivity index (χ2n) is 4.60. The summed E-state index contributed by atoms with van der Waals surface area (Å²) < 4.78 is 5.18. The van der Waals surface area contributed by atoms with Gasteiger partial charge < -0.3 is 20.6 Å². The van der Waals surface area contributed by atoms with Crippen molar-refractivity contribution in [1.82, 2.24) is 5.32 Å². The van der Waals surface area contributed by atoms with Gasteiger partial charge in [-0.1, -0.05) is 12.1 Å². The van der Waals surface area contributed by atoms with Crippen molar-refractivity contribution in [3.05, 3.63) is 54.0 Å². The van der Waals surface area contributed by atoms with Gasteiger partial charge in [0.2, 0.25) is 5.91 Å². The summed E-state index contributed by atoms with van der Waals surface area (Å²) in [6.07, 6.45) is 2.69. The van der Waals surface area contributed by atoms with Gasteiger partial charge >= 0.3 is 0 Å². The second kappa shape index (κ2) is 6.77. The van der Waals surface area contributed by atoms with Gasteiger partial charge in [0, 0.05) is 13.0 Å². The summed E-state index contributed by atoms with van der Waals surface area (Å²) in [6.45, 7) is 0.496. The standard InChI is InChI=1S/C15H18N2O3/c16-14(10-11-3-5-12(18)6-4-11)15(19)17-8-7-13-2-1-9-20-13/h1-6,9,14,18H,7-8,10,16H2,(H,17,19). The predicted octanol–water partition coefficient (Wildman–Crippen LogP) is 1.21. The molecule has 5 heteroatoms. The maximum atomic E-state index is 11.8. The van der Waals surface area contributed by atoms with Crippen molar-refractivity contribution in [3.63, 3.8) is 0 Å². The highest BCUT2D eigenvalue weighted by Crippen LogP contribution is 2.10. The Balaban J connectivity index is 1.75. The normalized spacial score (nSPS) is 12.1. The zero-order valence-corrected chi connectivity index (χ0v) is 11.1. The number of phenols is 1. The van der Waals surface area contributed by atoms with E-state index in [0.717, 1.165) is 11.3 Å². The van der Waals surface area contributed by atoms with Gasteiger partial charge in [-0.3, -0.25) is 4.79 Å². The number of amides is 1. The maximum absolute atomic E-state index is 11.8. The van der Waals surface area contributed by atoms with Crippen LogP contribution in [0.1, 0.15) is 11.3 Å². The summed E-state index contributed by atoms with van der Waals surface area (Å²) in [4.78, 5) is 11.8. The minimum absolute atomic E-state index is 0.190. The third-order valence-corrected chi connectivity index (χ3v) is 2.98. The molecule has 1 atom stereocenters. The van der Waals surface area contributed by atoms with E-state index in [2.05, 4.69) is 5.32 Å². The fourth-order valence-electron chi connectivity index (χ4n) is 1.87. The summed E-state index contributed by atoms with van der Waals surface area (Å²) in [7, 11) is 0. The Bertz CT molecular complexity index is 535. The molecule has 2 rings (SSSR count). The van der Waals surface area contributed by atoms with Gasteiger partial charge in [-0.25, -0.2) is 0 Å². The lowest BCUT2D eigenvalue weighted by atomic mass is 10.1. The zero-order valence-electron chi connectivity index (χ0n) is 11.1. The molecule has 106 valence electrons. The SMILES string of the molecule is NC(Cc1ccc(O)cc1)C(=O)NCCc1ccco1. The van der Waals surface area contributed by atoms with Crippen LogP contribution in [-0.4, -0.2) is 23.6 Å². The lowest BCUT2D eigenvalue weighted by molar-refractivity contribution is -0.122. The molecule has 0 aliphatic heterocycles. The zero-order chi connectivity index (χ0) is 14.4. The Hall–Kier alpha value is -2.27. The van der Waals surface area contributed by atoms with Crippen molar-refractivity contribution in [2.75, 3.05) is 6.54 Å². The van der Waals surface area contributed by atoms with Crippen LogP contribution in [0, 0.1) is 0 Å². The van der Waals surface area contributed by atoms with E-state index in [4.69, 9.17) is 10.2 Å². The molecular formula is C15H18N2O3. The number of carbonyl (C=O) groups excluding carboxylic acids is 1. The number of phenolic OH excluding ortho intramolecular Hbond substituents is 1. The average Bonchev–Trinajstić information content (AvgIpc) is 2.94. The quantitative estimate of drug-likeness (QED) is 0.739. The number of hydrogen-bond acceptors (Lipinski definition) is 4. The van der Waals surface area contributed by atoms with Crippen LogP contribution < -0.4 is 11.1 Å². The fourth-order valence-corrected chi connectivity index (χ4v) is 1.87. The molecule has 20 heavy (non-hydrogen) atoms. The van der Waals surface area contributed by atoms with Crippen LogP contribution in [0.5, 0.6) is 5.75 Å². The first-order chi connectivity index (χ1) is 9.65. The number of benzene rings is 1. The number of nitrogens with one attached hydrogen (secondary N) is 1. The van der Waals surface area contributed by atoms with Gasteiger partial charge in [0.05, 0.1) is 12.3 Å². The maximum Gasteiger partial charge on any atom is 0.237 e. The van der Waals surface area contributed by atoms with E-state index in [9.17, 15) is 9.90 Å². The molecule has 2 aromatic rings. The van der Waals surface area contributed by atoms with E-state index in [1.165, 1.54) is 0 Å². The van der Waals surface area contributed by atoms with Crippen molar-refractivity contribution in [2.45, 2.75) is 18.9 Å². The largest absolute Gasteiger partial charge is 0.508 e. The fraction of sp³-hybridized carbons (Fsp3) is 0.267. The smallest absolute Gasteiger partial charge is 0.237 e. The molecule has 1 amide bonds. The van der Waals surface area contributed by atoms with Crippen molar-refractivity contribution in [1.29, 1.82) is 0 Å². The molecule has 1 unspecified atom stereocenters. The molecule has 0 aliphatic rings. The highest BCUT2D eigenvalue weighted by Gasteiger charge is 2.13. The number of carbonyl (C=O) groups is 1. The summed E-state index contributed by atoms with van der Waals surface area (Å²) in [6, 6.07) is 9.75. The molecule has 1 aromatic heterocycles. The monoisotopic (exact) mass is 274 g/mol. The Morgan fingerprint density at radius 1 is 1.30 bits per heavy atom. The Morgan fingerprint density at radius 3 is 2.70 bits per heavy atom. The molecule has 0 saturated carbocycles. The first kappa shape index (κ1) is 14.1. The topological polar surface area (TPSA) is 88.5 Å². The molecule has 4 N–H and O–H groups in total. The minimum atomic E-state index is -0.601. The molecule has 0 aliphatic carbocycles. The van der Waals surface area contributed by atoms with Gasteiger partial charge in [-0.15, -0.1) is 0 Å². The third-order valence-electron chi connectivity index (χ3n) is 2.98. The van der Waals surface area contributed by atoms with E-state index in [0.29, 0.717) is 19.4 Å². The first-order valence-electron chi connectivity index (χ1n) is 6.49. The number of rotatable bonds is 6. The highest BCUT2D eigenvalue weighted by atomic mass is 16.3. The average molecular weight is 274 g/mol. The molecule has 1 aromatic carbocycles. The number of furan rings is 1. The van der Waals surface area contributed by atoms with E-state index in [1.807, 2.05) is 12.1 Å². The van der Waals surface area contributed by atoms with E-state index in [1.54, 1.807) is 30.5 Å². The van der Waals surface area contributed by atoms with Crippen molar-refractivity contribution >= 4 is 5.91 Å². The van der Waals surface area contributed by atoms with Crippen LogP contribution in [0.4, 0.5) is 0 Å². The summed E-state index contributed by atoms with van der Waals surface area (Å²) >= 11 is 0. The molecule has 0 bridgehead atoms. The summed E-state index contributed by atoms with van der Waals surface area (Å²) in [5.41, 5.74) is 6.76. The Morgan fingerprint density at radius 2 is 2.05 bits per heavy atom. The Kier molecular flexibility index (Phi) is 4.79. The van der Waals surface area contributed by atoms with Crippen molar-refractivity contribution < 1.29 is 14.3 Å². The van der Waals surface area contributed by atoms with Crippen LogP contribution in [0.25, 0.3) is 0 Å². The van der Waals surface area contributed by atoms with E-state index in [-0.39, 0.29) is 11.7 Å². The molecule has 0 spiro atoms. The minimum Gasteiger partial charge on any atom is -0.508 e. The predicted molar refractivity (Wildman–Crippen MR) is 75.2 cm³/mol.